The molecule has 138 valence electrons. The van der Waals surface area contributed by atoms with Crippen LogP contribution in [0.1, 0.15) is 5.56 Å². The van der Waals surface area contributed by atoms with Crippen molar-refractivity contribution in [2.24, 2.45) is 0 Å². The number of benzene rings is 2. The van der Waals surface area contributed by atoms with Crippen LogP contribution in [0.3, 0.4) is 0 Å². The first-order chi connectivity index (χ1) is 13.2. The van der Waals surface area contributed by atoms with E-state index >= 15 is 0 Å². The highest BCUT2D eigenvalue weighted by Gasteiger charge is 2.21. The number of urea groups is 1. The first-order valence-corrected chi connectivity index (χ1v) is 8.90. The number of carbonyl (C=O) groups is 1. The predicted molar refractivity (Wildman–Crippen MR) is 103 cm³/mol. The number of tetrazole rings is 1. The Balaban J connectivity index is 1.33. The van der Waals surface area contributed by atoms with Crippen molar-refractivity contribution in [2.75, 3.05) is 36.4 Å². The fourth-order valence-corrected chi connectivity index (χ4v) is 3.17. The lowest BCUT2D eigenvalue weighted by Crippen LogP contribution is -2.50. The lowest BCUT2D eigenvalue weighted by molar-refractivity contribution is 0.208. The van der Waals surface area contributed by atoms with Crippen LogP contribution in [-0.4, -0.2) is 57.3 Å². The summed E-state index contributed by atoms with van der Waals surface area (Å²) in [6, 6.07) is 15.8. The lowest BCUT2D eigenvalue weighted by atomic mass is 10.2. The number of amides is 2. The number of rotatable bonds is 3. The Labute approximate surface area is 157 Å². The maximum atomic E-state index is 12.5. The molecule has 3 aromatic rings. The highest BCUT2D eigenvalue weighted by molar-refractivity contribution is 5.89. The molecule has 1 aliphatic heterocycles. The van der Waals surface area contributed by atoms with Gasteiger partial charge in [0.05, 0.1) is 5.69 Å². The van der Waals surface area contributed by atoms with Crippen molar-refractivity contribution in [1.82, 2.24) is 25.1 Å². The van der Waals surface area contributed by atoms with Crippen molar-refractivity contribution < 1.29 is 4.79 Å². The molecule has 1 N–H and O–H groups in total. The zero-order valence-corrected chi connectivity index (χ0v) is 15.1. The third-order valence-electron chi connectivity index (χ3n) is 4.67. The quantitative estimate of drug-likeness (QED) is 0.773. The molecular formula is C19H21N7O. The van der Waals surface area contributed by atoms with Crippen molar-refractivity contribution >= 4 is 17.4 Å². The lowest BCUT2D eigenvalue weighted by Gasteiger charge is -2.36. The summed E-state index contributed by atoms with van der Waals surface area (Å²) in [6.07, 6.45) is 1.53. The standard InChI is InChI=1S/C19H21N7O/c1-15-3-2-4-18(13-15)24-9-11-25(12-10-24)19(27)21-16-5-7-17(8-6-16)26-14-20-22-23-26/h2-8,13-14H,9-12H2,1H3,(H,21,27). The molecule has 0 bridgehead atoms. The topological polar surface area (TPSA) is 79.2 Å². The maximum Gasteiger partial charge on any atom is 0.321 e. The number of piperazine rings is 1. The van der Waals surface area contributed by atoms with Gasteiger partial charge in [0.2, 0.25) is 0 Å². The minimum atomic E-state index is -0.0749. The summed E-state index contributed by atoms with van der Waals surface area (Å²) in [5.74, 6) is 0. The Kier molecular flexibility index (Phi) is 4.69. The van der Waals surface area contributed by atoms with Gasteiger partial charge in [-0.1, -0.05) is 12.1 Å². The van der Waals surface area contributed by atoms with Gasteiger partial charge in [-0.15, -0.1) is 5.10 Å². The molecule has 1 saturated heterocycles. The van der Waals surface area contributed by atoms with E-state index in [4.69, 9.17) is 0 Å². The molecule has 0 spiro atoms. The van der Waals surface area contributed by atoms with Crippen LogP contribution < -0.4 is 10.2 Å². The monoisotopic (exact) mass is 363 g/mol. The van der Waals surface area contributed by atoms with Crippen LogP contribution in [0, 0.1) is 6.92 Å². The number of hydrogen-bond donors (Lipinski definition) is 1. The molecule has 0 unspecified atom stereocenters. The van der Waals surface area contributed by atoms with Gasteiger partial charge in [0.15, 0.2) is 0 Å². The van der Waals surface area contributed by atoms with Crippen LogP contribution in [-0.2, 0) is 0 Å². The SMILES string of the molecule is Cc1cccc(N2CCN(C(=O)Nc3ccc(-n4cnnn4)cc3)CC2)c1. The van der Waals surface area contributed by atoms with Crippen LogP contribution >= 0.6 is 0 Å². The Hall–Kier alpha value is -3.42. The smallest absolute Gasteiger partial charge is 0.321 e. The summed E-state index contributed by atoms with van der Waals surface area (Å²) in [5.41, 5.74) is 4.05. The second-order valence-corrected chi connectivity index (χ2v) is 6.54. The van der Waals surface area contributed by atoms with Gasteiger partial charge in [0.25, 0.3) is 0 Å². The minimum absolute atomic E-state index is 0.0749. The zero-order valence-electron chi connectivity index (χ0n) is 15.1. The fraction of sp³-hybridized carbons (Fsp3) is 0.263. The highest BCUT2D eigenvalue weighted by atomic mass is 16.2. The van der Waals surface area contributed by atoms with Crippen LogP contribution in [0.15, 0.2) is 54.9 Å². The van der Waals surface area contributed by atoms with Gasteiger partial charge >= 0.3 is 6.03 Å². The normalized spacial score (nSPS) is 14.3. The van der Waals surface area contributed by atoms with E-state index in [1.165, 1.54) is 17.6 Å². The Morgan fingerprint density at radius 2 is 1.78 bits per heavy atom. The van der Waals surface area contributed by atoms with E-state index in [-0.39, 0.29) is 6.03 Å². The summed E-state index contributed by atoms with van der Waals surface area (Å²) < 4.78 is 1.57. The van der Waals surface area contributed by atoms with Gasteiger partial charge in [0.1, 0.15) is 6.33 Å². The second kappa shape index (κ2) is 7.45. The first-order valence-electron chi connectivity index (χ1n) is 8.90. The molecule has 27 heavy (non-hydrogen) atoms. The van der Waals surface area contributed by atoms with Gasteiger partial charge in [-0.3, -0.25) is 0 Å². The molecule has 0 aliphatic carbocycles. The van der Waals surface area contributed by atoms with Crippen LogP contribution in [0.5, 0.6) is 0 Å². The zero-order chi connectivity index (χ0) is 18.6. The van der Waals surface area contributed by atoms with E-state index < -0.39 is 0 Å². The van der Waals surface area contributed by atoms with E-state index in [0.717, 1.165) is 24.5 Å². The molecule has 8 nitrogen and oxygen atoms in total. The van der Waals surface area contributed by atoms with E-state index in [9.17, 15) is 4.79 Å². The molecule has 2 aromatic carbocycles. The molecule has 1 fully saturated rings. The van der Waals surface area contributed by atoms with Crippen LogP contribution in [0.2, 0.25) is 0 Å². The molecule has 0 radical (unpaired) electrons. The number of nitrogens with zero attached hydrogens (tertiary/aromatic N) is 6. The Bertz CT molecular complexity index is 900. The average molecular weight is 363 g/mol. The third-order valence-corrected chi connectivity index (χ3v) is 4.67. The van der Waals surface area contributed by atoms with E-state index in [1.54, 1.807) is 4.68 Å². The second-order valence-electron chi connectivity index (χ2n) is 6.54. The summed E-state index contributed by atoms with van der Waals surface area (Å²) in [6.45, 7) is 5.15. The number of carbonyl (C=O) groups excluding carboxylic acids is 1. The molecule has 1 aliphatic rings. The van der Waals surface area contributed by atoms with Crippen molar-refractivity contribution in [3.05, 3.63) is 60.4 Å². The van der Waals surface area contributed by atoms with E-state index in [0.29, 0.717) is 13.1 Å². The largest absolute Gasteiger partial charge is 0.368 e. The molecule has 2 amide bonds. The van der Waals surface area contributed by atoms with Crippen molar-refractivity contribution in [3.8, 4) is 5.69 Å². The highest BCUT2D eigenvalue weighted by Crippen LogP contribution is 2.18. The predicted octanol–water partition coefficient (Wildman–Crippen LogP) is 2.32. The average Bonchev–Trinajstić information content (AvgIpc) is 3.23. The van der Waals surface area contributed by atoms with Gasteiger partial charge in [-0.25, -0.2) is 9.48 Å². The molecule has 1 aromatic heterocycles. The number of aryl methyl sites for hydroxylation is 1. The number of nitrogens with one attached hydrogen (secondary N) is 1. The van der Waals surface area contributed by atoms with E-state index in [2.05, 4.69) is 56.9 Å². The summed E-state index contributed by atoms with van der Waals surface area (Å²) in [7, 11) is 0. The maximum absolute atomic E-state index is 12.5. The van der Waals surface area contributed by atoms with Crippen molar-refractivity contribution in [1.29, 1.82) is 0 Å². The van der Waals surface area contributed by atoms with E-state index in [1.807, 2.05) is 29.2 Å². The number of anilines is 2. The number of aromatic nitrogens is 4. The first kappa shape index (κ1) is 17.0. The molecule has 4 rings (SSSR count). The summed E-state index contributed by atoms with van der Waals surface area (Å²) >= 11 is 0. The molecule has 0 saturated carbocycles. The Morgan fingerprint density at radius 3 is 2.44 bits per heavy atom. The summed E-state index contributed by atoms with van der Waals surface area (Å²) in [5, 5.41) is 14.0. The van der Waals surface area contributed by atoms with Crippen molar-refractivity contribution in [3.63, 3.8) is 0 Å². The van der Waals surface area contributed by atoms with Crippen LogP contribution in [0.4, 0.5) is 16.2 Å². The fourth-order valence-electron chi connectivity index (χ4n) is 3.17. The minimum Gasteiger partial charge on any atom is -0.368 e. The van der Waals surface area contributed by atoms with Gasteiger partial charge in [0, 0.05) is 37.6 Å². The number of hydrogen-bond acceptors (Lipinski definition) is 5. The molecule has 0 atom stereocenters. The van der Waals surface area contributed by atoms with Gasteiger partial charge in [-0.2, -0.15) is 0 Å². The summed E-state index contributed by atoms with van der Waals surface area (Å²) in [4.78, 5) is 16.7. The molecular weight excluding hydrogens is 342 g/mol. The van der Waals surface area contributed by atoms with Crippen LogP contribution in [0.25, 0.3) is 5.69 Å². The molecule has 2 heterocycles. The Morgan fingerprint density at radius 1 is 1.00 bits per heavy atom. The third kappa shape index (κ3) is 3.89. The van der Waals surface area contributed by atoms with Crippen molar-refractivity contribution in [2.45, 2.75) is 6.92 Å². The van der Waals surface area contributed by atoms with Gasteiger partial charge in [-0.05, 0) is 59.3 Å². The molecule has 8 heteroatoms. The van der Waals surface area contributed by atoms with Gasteiger partial charge < -0.3 is 15.1 Å².